The monoisotopic (exact) mass is 298 g/mol. The largest absolute Gasteiger partial charge is 0.493 e. The predicted octanol–water partition coefficient (Wildman–Crippen LogP) is 2.30. The number of carbonyl (C=O) groups excluding carboxylic acids is 1. The van der Waals surface area contributed by atoms with Crippen molar-refractivity contribution in [2.75, 3.05) is 32.6 Å². The van der Waals surface area contributed by atoms with Crippen molar-refractivity contribution in [2.45, 2.75) is 13.3 Å². The Kier molecular flexibility index (Phi) is 4.40. The van der Waals surface area contributed by atoms with Crippen molar-refractivity contribution < 1.29 is 14.3 Å². The van der Waals surface area contributed by atoms with Gasteiger partial charge in [0.15, 0.2) is 11.5 Å². The SMILES string of the molecule is COc1cc(Cl)c(NC(=O)C2(C)CCNC2)cc1OC. The average Bonchev–Trinajstić information content (AvgIpc) is 2.88. The molecule has 2 rings (SSSR count). The quantitative estimate of drug-likeness (QED) is 0.895. The number of benzene rings is 1. The molecule has 0 bridgehead atoms. The predicted molar refractivity (Wildman–Crippen MR) is 78.8 cm³/mol. The summed E-state index contributed by atoms with van der Waals surface area (Å²) in [5, 5.41) is 6.49. The summed E-state index contributed by atoms with van der Waals surface area (Å²) in [5.41, 5.74) is 0.124. The molecule has 110 valence electrons. The molecule has 5 nitrogen and oxygen atoms in total. The number of carbonyl (C=O) groups is 1. The Morgan fingerprint density at radius 2 is 2.00 bits per heavy atom. The lowest BCUT2D eigenvalue weighted by Gasteiger charge is -2.22. The third-order valence-corrected chi connectivity index (χ3v) is 3.95. The zero-order chi connectivity index (χ0) is 14.8. The lowest BCUT2D eigenvalue weighted by molar-refractivity contribution is -0.123. The normalized spacial score (nSPS) is 21.6. The minimum Gasteiger partial charge on any atom is -0.493 e. The zero-order valence-corrected chi connectivity index (χ0v) is 12.6. The zero-order valence-electron chi connectivity index (χ0n) is 11.9. The van der Waals surface area contributed by atoms with Crippen molar-refractivity contribution in [1.82, 2.24) is 5.32 Å². The molecular weight excluding hydrogens is 280 g/mol. The molecule has 1 aliphatic rings. The molecule has 1 saturated heterocycles. The van der Waals surface area contributed by atoms with Crippen LogP contribution in [0.2, 0.25) is 5.02 Å². The summed E-state index contributed by atoms with van der Waals surface area (Å²) in [6.07, 6.45) is 0.809. The van der Waals surface area contributed by atoms with Gasteiger partial charge in [0.2, 0.25) is 5.91 Å². The molecule has 0 aliphatic carbocycles. The molecule has 0 saturated carbocycles. The molecular formula is C14H19ClN2O3. The molecule has 1 aromatic rings. The second-order valence-electron chi connectivity index (χ2n) is 5.13. The van der Waals surface area contributed by atoms with Gasteiger partial charge in [0.05, 0.1) is 30.3 Å². The highest BCUT2D eigenvalue weighted by molar-refractivity contribution is 6.34. The number of ether oxygens (including phenoxy) is 2. The van der Waals surface area contributed by atoms with Crippen molar-refractivity contribution in [3.05, 3.63) is 17.2 Å². The first kappa shape index (κ1) is 14.9. The first-order valence-corrected chi connectivity index (χ1v) is 6.81. The van der Waals surface area contributed by atoms with Crippen LogP contribution in [0.15, 0.2) is 12.1 Å². The van der Waals surface area contributed by atoms with Crippen LogP contribution in [0.5, 0.6) is 11.5 Å². The van der Waals surface area contributed by atoms with Gasteiger partial charge in [0.25, 0.3) is 0 Å². The summed E-state index contributed by atoms with van der Waals surface area (Å²) in [5.74, 6) is 1.02. The fraction of sp³-hybridized carbons (Fsp3) is 0.500. The molecule has 1 fully saturated rings. The molecule has 1 heterocycles. The minimum absolute atomic E-state index is 0.0448. The van der Waals surface area contributed by atoms with Crippen LogP contribution in [0.4, 0.5) is 5.69 Å². The Balaban J connectivity index is 2.23. The Hall–Kier alpha value is -1.46. The lowest BCUT2D eigenvalue weighted by atomic mass is 9.89. The van der Waals surface area contributed by atoms with E-state index in [0.29, 0.717) is 28.8 Å². The summed E-state index contributed by atoms with van der Waals surface area (Å²) in [4.78, 5) is 12.4. The van der Waals surface area contributed by atoms with E-state index in [0.717, 1.165) is 13.0 Å². The number of halogens is 1. The maximum Gasteiger partial charge on any atom is 0.231 e. The van der Waals surface area contributed by atoms with E-state index >= 15 is 0 Å². The van der Waals surface area contributed by atoms with Gasteiger partial charge in [-0.2, -0.15) is 0 Å². The standard InChI is InChI=1S/C14H19ClN2O3/c1-14(4-5-16-8-14)13(18)17-10-7-12(20-3)11(19-2)6-9(10)15/h6-7,16H,4-5,8H2,1-3H3,(H,17,18). The molecule has 6 heteroatoms. The third-order valence-electron chi connectivity index (χ3n) is 3.64. The van der Waals surface area contributed by atoms with Gasteiger partial charge in [0, 0.05) is 18.7 Å². The van der Waals surface area contributed by atoms with Crippen LogP contribution in [0.3, 0.4) is 0 Å². The van der Waals surface area contributed by atoms with Gasteiger partial charge in [-0.3, -0.25) is 4.79 Å². The van der Waals surface area contributed by atoms with E-state index in [1.54, 1.807) is 19.2 Å². The Labute approximate surface area is 123 Å². The Morgan fingerprint density at radius 1 is 1.35 bits per heavy atom. The van der Waals surface area contributed by atoms with Gasteiger partial charge >= 0.3 is 0 Å². The number of anilines is 1. The van der Waals surface area contributed by atoms with Crippen molar-refractivity contribution in [1.29, 1.82) is 0 Å². The highest BCUT2D eigenvalue weighted by Gasteiger charge is 2.36. The van der Waals surface area contributed by atoms with Gasteiger partial charge in [-0.05, 0) is 19.9 Å². The summed E-state index contributed by atoms with van der Waals surface area (Å²) >= 11 is 6.17. The van der Waals surface area contributed by atoms with E-state index in [2.05, 4.69) is 10.6 Å². The summed E-state index contributed by atoms with van der Waals surface area (Å²) < 4.78 is 10.4. The van der Waals surface area contributed by atoms with E-state index in [-0.39, 0.29) is 5.91 Å². The van der Waals surface area contributed by atoms with Gasteiger partial charge in [-0.25, -0.2) is 0 Å². The minimum atomic E-state index is -0.406. The molecule has 1 aromatic carbocycles. The number of amides is 1. The molecule has 2 N–H and O–H groups in total. The second-order valence-corrected chi connectivity index (χ2v) is 5.54. The fourth-order valence-corrected chi connectivity index (χ4v) is 2.43. The maximum absolute atomic E-state index is 12.4. The van der Waals surface area contributed by atoms with Crippen molar-refractivity contribution >= 4 is 23.2 Å². The number of rotatable bonds is 4. The smallest absolute Gasteiger partial charge is 0.231 e. The highest BCUT2D eigenvalue weighted by Crippen LogP contribution is 2.37. The Morgan fingerprint density at radius 3 is 2.55 bits per heavy atom. The number of hydrogen-bond donors (Lipinski definition) is 2. The molecule has 0 spiro atoms. The van der Waals surface area contributed by atoms with Crippen LogP contribution >= 0.6 is 11.6 Å². The van der Waals surface area contributed by atoms with Gasteiger partial charge in [-0.15, -0.1) is 0 Å². The first-order valence-electron chi connectivity index (χ1n) is 6.44. The molecule has 1 amide bonds. The molecule has 0 aromatic heterocycles. The second kappa shape index (κ2) is 5.89. The van der Waals surface area contributed by atoms with E-state index in [9.17, 15) is 4.79 Å². The molecule has 1 atom stereocenters. The molecule has 0 radical (unpaired) electrons. The third kappa shape index (κ3) is 2.83. The number of nitrogens with one attached hydrogen (secondary N) is 2. The number of methoxy groups -OCH3 is 2. The van der Waals surface area contributed by atoms with Crippen LogP contribution in [0.1, 0.15) is 13.3 Å². The van der Waals surface area contributed by atoms with E-state index in [1.165, 1.54) is 7.11 Å². The highest BCUT2D eigenvalue weighted by atomic mass is 35.5. The maximum atomic E-state index is 12.4. The van der Waals surface area contributed by atoms with Crippen molar-refractivity contribution in [3.63, 3.8) is 0 Å². The summed E-state index contributed by atoms with van der Waals surface area (Å²) in [6, 6.07) is 3.30. The summed E-state index contributed by atoms with van der Waals surface area (Å²) in [6.45, 7) is 3.46. The van der Waals surface area contributed by atoms with Crippen LogP contribution < -0.4 is 20.1 Å². The van der Waals surface area contributed by atoms with Crippen molar-refractivity contribution in [2.24, 2.45) is 5.41 Å². The van der Waals surface area contributed by atoms with Crippen LogP contribution in [0, 0.1) is 5.41 Å². The van der Waals surface area contributed by atoms with E-state index in [4.69, 9.17) is 21.1 Å². The fourth-order valence-electron chi connectivity index (χ4n) is 2.23. The number of hydrogen-bond acceptors (Lipinski definition) is 4. The molecule has 1 aliphatic heterocycles. The molecule has 20 heavy (non-hydrogen) atoms. The van der Waals surface area contributed by atoms with E-state index in [1.807, 2.05) is 6.92 Å². The van der Waals surface area contributed by atoms with Crippen LogP contribution in [-0.2, 0) is 4.79 Å². The van der Waals surface area contributed by atoms with E-state index < -0.39 is 5.41 Å². The van der Waals surface area contributed by atoms with Gasteiger partial charge in [-0.1, -0.05) is 11.6 Å². The van der Waals surface area contributed by atoms with Crippen LogP contribution in [0.25, 0.3) is 0 Å². The first-order chi connectivity index (χ1) is 9.50. The average molecular weight is 299 g/mol. The van der Waals surface area contributed by atoms with Gasteiger partial charge in [0.1, 0.15) is 0 Å². The van der Waals surface area contributed by atoms with Crippen LogP contribution in [-0.4, -0.2) is 33.2 Å². The lowest BCUT2D eigenvalue weighted by Crippen LogP contribution is -2.35. The van der Waals surface area contributed by atoms with Crippen molar-refractivity contribution in [3.8, 4) is 11.5 Å². The Bertz CT molecular complexity index is 513. The topological polar surface area (TPSA) is 59.6 Å². The molecule has 1 unspecified atom stereocenters. The summed E-state index contributed by atoms with van der Waals surface area (Å²) in [7, 11) is 3.08. The van der Waals surface area contributed by atoms with Gasteiger partial charge < -0.3 is 20.1 Å².